The van der Waals surface area contributed by atoms with Gasteiger partial charge in [-0.25, -0.2) is 0 Å². The second kappa shape index (κ2) is 10.8. The number of nitrogens with one attached hydrogen (secondary N) is 1. The average molecular weight is 447 g/mol. The van der Waals surface area contributed by atoms with Crippen LogP contribution in [0.2, 0.25) is 10.0 Å². The molecule has 1 saturated carbocycles. The summed E-state index contributed by atoms with van der Waals surface area (Å²) in [6.45, 7) is 2.24. The molecule has 2 aromatic rings. The summed E-state index contributed by atoms with van der Waals surface area (Å²) in [5.74, 6) is -0.261. The predicted octanol–water partition coefficient (Wildman–Crippen LogP) is 5.05. The third-order valence-electron chi connectivity index (χ3n) is 5.74. The van der Waals surface area contributed by atoms with Crippen LogP contribution in [0, 0.1) is 0 Å². The molecule has 1 aliphatic rings. The number of carbonyl (C=O) groups is 2. The second-order valence-electron chi connectivity index (χ2n) is 7.87. The van der Waals surface area contributed by atoms with Gasteiger partial charge in [-0.05, 0) is 49.4 Å². The van der Waals surface area contributed by atoms with E-state index in [4.69, 9.17) is 23.2 Å². The standard InChI is InChI=1S/C24H28Cl2N2O2/c1-17(24(30)27-19-10-5-6-11-19)28(15-14-18-8-3-2-4-9-18)23(29)16-20-21(25)12-7-13-22(20)26/h2-4,7-9,12-13,17,19H,5-6,10-11,14-16H2,1H3,(H,27,30)/t17-/m1/s1. The summed E-state index contributed by atoms with van der Waals surface area (Å²) in [5.41, 5.74) is 1.72. The Morgan fingerprint density at radius 2 is 1.67 bits per heavy atom. The maximum Gasteiger partial charge on any atom is 0.242 e. The van der Waals surface area contributed by atoms with Crippen LogP contribution in [0.1, 0.15) is 43.7 Å². The van der Waals surface area contributed by atoms with Crippen molar-refractivity contribution in [1.29, 1.82) is 0 Å². The van der Waals surface area contributed by atoms with E-state index in [1.54, 1.807) is 30.0 Å². The van der Waals surface area contributed by atoms with Gasteiger partial charge in [0, 0.05) is 22.6 Å². The minimum atomic E-state index is -0.567. The van der Waals surface area contributed by atoms with Crippen molar-refractivity contribution >= 4 is 35.0 Å². The topological polar surface area (TPSA) is 49.4 Å². The summed E-state index contributed by atoms with van der Waals surface area (Å²) in [6, 6.07) is 14.8. The maximum absolute atomic E-state index is 13.3. The van der Waals surface area contributed by atoms with E-state index in [2.05, 4.69) is 5.32 Å². The number of hydrogen-bond acceptors (Lipinski definition) is 2. The van der Waals surface area contributed by atoms with E-state index in [0.717, 1.165) is 31.2 Å². The van der Waals surface area contributed by atoms with Crippen molar-refractivity contribution in [1.82, 2.24) is 10.2 Å². The molecule has 0 radical (unpaired) electrons. The molecule has 1 fully saturated rings. The molecule has 0 bridgehead atoms. The van der Waals surface area contributed by atoms with E-state index in [0.29, 0.717) is 28.6 Å². The first-order valence-electron chi connectivity index (χ1n) is 10.5. The van der Waals surface area contributed by atoms with E-state index in [1.807, 2.05) is 30.3 Å². The van der Waals surface area contributed by atoms with E-state index < -0.39 is 6.04 Å². The third kappa shape index (κ3) is 5.99. The van der Waals surface area contributed by atoms with Crippen molar-refractivity contribution < 1.29 is 9.59 Å². The van der Waals surface area contributed by atoms with Crippen LogP contribution in [0.15, 0.2) is 48.5 Å². The smallest absolute Gasteiger partial charge is 0.242 e. The lowest BCUT2D eigenvalue weighted by molar-refractivity contribution is -0.139. The third-order valence-corrected chi connectivity index (χ3v) is 6.45. The number of rotatable bonds is 8. The summed E-state index contributed by atoms with van der Waals surface area (Å²) in [5, 5.41) is 4.03. The average Bonchev–Trinajstić information content (AvgIpc) is 3.24. The molecule has 0 aromatic heterocycles. The lowest BCUT2D eigenvalue weighted by atomic mass is 10.1. The molecule has 0 unspecified atom stereocenters. The fourth-order valence-corrected chi connectivity index (χ4v) is 4.45. The molecule has 1 N–H and O–H groups in total. The van der Waals surface area contributed by atoms with Crippen molar-refractivity contribution in [2.45, 2.75) is 57.5 Å². The normalized spacial score (nSPS) is 15.0. The SMILES string of the molecule is C[C@H](C(=O)NC1CCCC1)N(CCc1ccccc1)C(=O)Cc1c(Cl)cccc1Cl. The van der Waals surface area contributed by atoms with Gasteiger partial charge in [0.15, 0.2) is 0 Å². The molecular formula is C24H28Cl2N2O2. The minimum Gasteiger partial charge on any atom is -0.352 e. The Kier molecular flexibility index (Phi) is 8.17. The number of benzene rings is 2. The molecule has 0 spiro atoms. The van der Waals surface area contributed by atoms with E-state index in [1.165, 1.54) is 0 Å². The highest BCUT2D eigenvalue weighted by Crippen LogP contribution is 2.25. The van der Waals surface area contributed by atoms with Gasteiger partial charge in [0.25, 0.3) is 0 Å². The minimum absolute atomic E-state index is 0.0638. The Bertz CT molecular complexity index is 847. The number of carbonyl (C=O) groups excluding carboxylic acids is 2. The lowest BCUT2D eigenvalue weighted by Gasteiger charge is -2.30. The molecule has 2 aromatic carbocycles. The van der Waals surface area contributed by atoms with Crippen LogP contribution < -0.4 is 5.32 Å². The Morgan fingerprint density at radius 3 is 2.30 bits per heavy atom. The lowest BCUT2D eigenvalue weighted by Crippen LogP contribution is -2.51. The van der Waals surface area contributed by atoms with Crippen molar-refractivity contribution in [3.8, 4) is 0 Å². The molecule has 6 heteroatoms. The molecule has 160 valence electrons. The van der Waals surface area contributed by atoms with Gasteiger partial charge in [-0.3, -0.25) is 9.59 Å². The number of hydrogen-bond donors (Lipinski definition) is 1. The van der Waals surface area contributed by atoms with E-state index >= 15 is 0 Å². The van der Waals surface area contributed by atoms with Crippen LogP contribution in [0.3, 0.4) is 0 Å². The molecule has 1 atom stereocenters. The second-order valence-corrected chi connectivity index (χ2v) is 8.68. The summed E-state index contributed by atoms with van der Waals surface area (Å²) in [7, 11) is 0. The molecule has 4 nitrogen and oxygen atoms in total. The zero-order chi connectivity index (χ0) is 21.5. The van der Waals surface area contributed by atoms with Gasteiger partial charge < -0.3 is 10.2 Å². The fourth-order valence-electron chi connectivity index (χ4n) is 3.92. The van der Waals surface area contributed by atoms with Gasteiger partial charge in [-0.2, -0.15) is 0 Å². The van der Waals surface area contributed by atoms with Gasteiger partial charge in [-0.15, -0.1) is 0 Å². The zero-order valence-corrected chi connectivity index (χ0v) is 18.8. The highest BCUT2D eigenvalue weighted by molar-refractivity contribution is 6.36. The van der Waals surface area contributed by atoms with Crippen molar-refractivity contribution in [3.05, 3.63) is 69.7 Å². The molecule has 1 aliphatic carbocycles. The summed E-state index contributed by atoms with van der Waals surface area (Å²) in [6.07, 6.45) is 5.03. The van der Waals surface area contributed by atoms with Crippen LogP contribution in [-0.4, -0.2) is 35.3 Å². The first kappa shape index (κ1) is 22.6. The van der Waals surface area contributed by atoms with Crippen molar-refractivity contribution in [2.24, 2.45) is 0 Å². The summed E-state index contributed by atoms with van der Waals surface area (Å²) >= 11 is 12.5. The first-order valence-corrected chi connectivity index (χ1v) is 11.3. The highest BCUT2D eigenvalue weighted by Gasteiger charge is 2.28. The van der Waals surface area contributed by atoms with Gasteiger partial charge in [0.1, 0.15) is 6.04 Å². The number of nitrogens with zero attached hydrogens (tertiary/aromatic N) is 1. The monoisotopic (exact) mass is 446 g/mol. The Morgan fingerprint density at radius 1 is 1.03 bits per heavy atom. The van der Waals surface area contributed by atoms with Gasteiger partial charge in [0.2, 0.25) is 11.8 Å². The quantitative estimate of drug-likeness (QED) is 0.616. The molecule has 3 rings (SSSR count). The van der Waals surface area contributed by atoms with Crippen LogP contribution in [0.4, 0.5) is 0 Å². The van der Waals surface area contributed by atoms with E-state index in [-0.39, 0.29) is 24.3 Å². The van der Waals surface area contributed by atoms with Crippen LogP contribution in [0.5, 0.6) is 0 Å². The van der Waals surface area contributed by atoms with Gasteiger partial charge in [0.05, 0.1) is 6.42 Å². The highest BCUT2D eigenvalue weighted by atomic mass is 35.5. The van der Waals surface area contributed by atoms with Crippen LogP contribution in [-0.2, 0) is 22.4 Å². The van der Waals surface area contributed by atoms with E-state index in [9.17, 15) is 9.59 Å². The first-order chi connectivity index (χ1) is 14.5. The Hall–Kier alpha value is -2.04. The molecular weight excluding hydrogens is 419 g/mol. The predicted molar refractivity (Wildman–Crippen MR) is 122 cm³/mol. The van der Waals surface area contributed by atoms with Crippen LogP contribution >= 0.6 is 23.2 Å². The Labute approximate surface area is 188 Å². The molecule has 0 saturated heterocycles. The molecule has 30 heavy (non-hydrogen) atoms. The van der Waals surface area contributed by atoms with Crippen LogP contribution in [0.25, 0.3) is 0 Å². The number of halogens is 2. The number of amides is 2. The Balaban J connectivity index is 1.74. The van der Waals surface area contributed by atoms with Crippen molar-refractivity contribution in [2.75, 3.05) is 6.54 Å². The van der Waals surface area contributed by atoms with Crippen molar-refractivity contribution in [3.63, 3.8) is 0 Å². The largest absolute Gasteiger partial charge is 0.352 e. The van der Waals surface area contributed by atoms with Gasteiger partial charge in [-0.1, -0.05) is 72.4 Å². The zero-order valence-electron chi connectivity index (χ0n) is 17.2. The molecule has 0 aliphatic heterocycles. The molecule has 2 amide bonds. The van der Waals surface area contributed by atoms with Gasteiger partial charge >= 0.3 is 0 Å². The molecule has 0 heterocycles. The maximum atomic E-state index is 13.3. The summed E-state index contributed by atoms with van der Waals surface area (Å²) in [4.78, 5) is 27.8. The summed E-state index contributed by atoms with van der Waals surface area (Å²) < 4.78 is 0. The fraction of sp³-hybridized carbons (Fsp3) is 0.417.